The molecular formula is C27H32N8O3S3. The maximum atomic E-state index is 13.4. The molecule has 2 aliphatic carbocycles. The van der Waals surface area contributed by atoms with Crippen molar-refractivity contribution < 1.29 is 13.2 Å². The van der Waals surface area contributed by atoms with Crippen LogP contribution in [0.3, 0.4) is 0 Å². The molecule has 0 saturated heterocycles. The predicted octanol–water partition coefficient (Wildman–Crippen LogP) is 4.76. The Morgan fingerprint density at radius 2 is 1.85 bits per heavy atom. The molecule has 6 rings (SSSR count). The van der Waals surface area contributed by atoms with Gasteiger partial charge >= 0.3 is 6.03 Å². The van der Waals surface area contributed by atoms with Crippen LogP contribution in [0.15, 0.2) is 52.9 Å². The molecule has 11 nitrogen and oxygen atoms in total. The number of hydrogen-bond acceptors (Lipinski definition) is 10. The van der Waals surface area contributed by atoms with Crippen molar-refractivity contribution in [2.45, 2.75) is 61.7 Å². The van der Waals surface area contributed by atoms with Crippen LogP contribution in [0.2, 0.25) is 0 Å². The molecule has 2 N–H and O–H groups in total. The van der Waals surface area contributed by atoms with Gasteiger partial charge in [-0.05, 0) is 68.4 Å². The molecule has 4 atom stereocenters. The molecule has 0 radical (unpaired) electrons. The number of nitrogens with zero attached hydrogens (tertiary/aromatic N) is 6. The molecular weight excluding hydrogens is 581 g/mol. The predicted molar refractivity (Wildman–Crippen MR) is 161 cm³/mol. The lowest BCUT2D eigenvalue weighted by Crippen LogP contribution is -2.37. The third kappa shape index (κ3) is 5.52. The zero-order chi connectivity index (χ0) is 28.7. The van der Waals surface area contributed by atoms with Gasteiger partial charge in [0.2, 0.25) is 10.3 Å². The minimum Gasteiger partial charge on any atom is -0.356 e. The number of carbonyl (C=O) groups excluding carboxylic acids is 1. The molecule has 3 unspecified atom stereocenters. The molecule has 2 amide bonds. The maximum Gasteiger partial charge on any atom is 0.321 e. The van der Waals surface area contributed by atoms with Crippen LogP contribution in [0, 0.1) is 18.8 Å². The van der Waals surface area contributed by atoms with Crippen molar-refractivity contribution in [3.63, 3.8) is 0 Å². The molecule has 216 valence electrons. The van der Waals surface area contributed by atoms with Crippen molar-refractivity contribution >= 4 is 61.3 Å². The van der Waals surface area contributed by atoms with Gasteiger partial charge in [0.25, 0.3) is 10.0 Å². The van der Waals surface area contributed by atoms with Crippen molar-refractivity contribution in [2.24, 2.45) is 11.8 Å². The van der Waals surface area contributed by atoms with Gasteiger partial charge in [-0.3, -0.25) is 5.32 Å². The molecule has 3 aromatic heterocycles. The second kappa shape index (κ2) is 11.2. The van der Waals surface area contributed by atoms with E-state index in [1.54, 1.807) is 48.3 Å². The van der Waals surface area contributed by atoms with Crippen LogP contribution in [0.25, 0.3) is 11.0 Å². The number of anilines is 2. The number of fused-ring (bicyclic) bond motifs is 2. The van der Waals surface area contributed by atoms with E-state index in [1.807, 2.05) is 20.9 Å². The summed E-state index contributed by atoms with van der Waals surface area (Å²) in [5.41, 5.74) is 1.36. The van der Waals surface area contributed by atoms with Crippen molar-refractivity contribution in [2.75, 3.05) is 23.0 Å². The van der Waals surface area contributed by atoms with Gasteiger partial charge in [0.05, 0.1) is 10.3 Å². The fraction of sp³-hybridized carbons (Fsp3) is 0.444. The zero-order valence-electron chi connectivity index (χ0n) is 23.0. The summed E-state index contributed by atoms with van der Waals surface area (Å²) in [7, 11) is -1.77. The molecule has 3 heterocycles. The zero-order valence-corrected chi connectivity index (χ0v) is 25.5. The Kier molecular flexibility index (Phi) is 7.64. The first kappa shape index (κ1) is 27.9. The summed E-state index contributed by atoms with van der Waals surface area (Å²) in [5.74, 6) is 2.62. The van der Waals surface area contributed by atoms with Gasteiger partial charge in [0, 0.05) is 36.9 Å². The molecule has 4 aromatic rings. The minimum absolute atomic E-state index is 0.125. The van der Waals surface area contributed by atoms with Crippen LogP contribution < -0.4 is 15.5 Å². The first-order chi connectivity index (χ1) is 19.7. The van der Waals surface area contributed by atoms with Crippen LogP contribution in [0.4, 0.5) is 15.7 Å². The van der Waals surface area contributed by atoms with E-state index >= 15 is 0 Å². The average Bonchev–Trinajstić information content (AvgIpc) is 3.72. The van der Waals surface area contributed by atoms with Crippen LogP contribution in [0.5, 0.6) is 0 Å². The van der Waals surface area contributed by atoms with E-state index in [0.717, 1.165) is 42.8 Å². The minimum atomic E-state index is -3.79. The average molecular weight is 613 g/mol. The van der Waals surface area contributed by atoms with E-state index in [-0.39, 0.29) is 23.0 Å². The van der Waals surface area contributed by atoms with Crippen molar-refractivity contribution in [1.82, 2.24) is 28.6 Å². The third-order valence-electron chi connectivity index (χ3n) is 8.11. The van der Waals surface area contributed by atoms with Crippen molar-refractivity contribution in [1.29, 1.82) is 0 Å². The molecule has 2 aliphatic rings. The third-order valence-corrected chi connectivity index (χ3v) is 11.3. The molecule has 14 heteroatoms. The van der Waals surface area contributed by atoms with E-state index in [2.05, 4.69) is 34.9 Å². The van der Waals surface area contributed by atoms with Gasteiger partial charge < -0.3 is 10.2 Å². The second-order valence-corrected chi connectivity index (χ2v) is 14.5. The molecule has 1 aromatic carbocycles. The highest BCUT2D eigenvalue weighted by atomic mass is 32.2. The fourth-order valence-electron chi connectivity index (χ4n) is 6.17. The lowest BCUT2D eigenvalue weighted by atomic mass is 10.0. The van der Waals surface area contributed by atoms with Crippen LogP contribution in [0.1, 0.15) is 38.2 Å². The second-order valence-electron chi connectivity index (χ2n) is 10.7. The molecule has 2 saturated carbocycles. The molecule has 0 aliphatic heterocycles. The first-order valence-electron chi connectivity index (χ1n) is 13.6. The van der Waals surface area contributed by atoms with Gasteiger partial charge in [-0.2, -0.15) is 9.36 Å². The highest BCUT2D eigenvalue weighted by Crippen LogP contribution is 2.46. The number of urea groups is 1. The normalized spacial score (nSPS) is 22.1. The monoisotopic (exact) mass is 612 g/mol. The van der Waals surface area contributed by atoms with Crippen molar-refractivity contribution in [3.8, 4) is 0 Å². The van der Waals surface area contributed by atoms with E-state index in [0.29, 0.717) is 33.2 Å². The van der Waals surface area contributed by atoms with Gasteiger partial charge in [0.1, 0.15) is 12.1 Å². The van der Waals surface area contributed by atoms with Gasteiger partial charge in [-0.1, -0.05) is 36.4 Å². The number of thioether (sulfide) groups is 1. The molecule has 2 fully saturated rings. The van der Waals surface area contributed by atoms with E-state index in [4.69, 9.17) is 0 Å². The Balaban J connectivity index is 1.10. The summed E-state index contributed by atoms with van der Waals surface area (Å²) >= 11 is 2.74. The number of amides is 2. The van der Waals surface area contributed by atoms with Gasteiger partial charge in [-0.25, -0.2) is 27.2 Å². The number of aryl methyl sites for hydroxylation is 1. The topological polar surface area (TPSA) is 135 Å². The van der Waals surface area contributed by atoms with Crippen molar-refractivity contribution in [3.05, 3.63) is 48.4 Å². The lowest BCUT2D eigenvalue weighted by Gasteiger charge is -2.27. The van der Waals surface area contributed by atoms with E-state index in [9.17, 15) is 13.2 Å². The highest BCUT2D eigenvalue weighted by Gasteiger charge is 2.43. The Hall–Kier alpha value is -3.23. The number of benzene rings is 1. The summed E-state index contributed by atoms with van der Waals surface area (Å²) in [5, 5.41) is 7.84. The van der Waals surface area contributed by atoms with Gasteiger partial charge in [-0.15, -0.1) is 0 Å². The quantitative estimate of drug-likeness (QED) is 0.270. The Bertz CT molecular complexity index is 1660. The largest absolute Gasteiger partial charge is 0.356 e. The fourth-order valence-corrected chi connectivity index (χ4v) is 8.74. The summed E-state index contributed by atoms with van der Waals surface area (Å²) in [6, 6.07) is 8.75. The SMILES string of the molecule is CCSc1nsc(NC(=O)NC2CC3CC(N(C)c4ncnc5c4ccn5S(=O)(=O)c4ccc(C)cc4)C[C@H]3C2)n1. The van der Waals surface area contributed by atoms with E-state index < -0.39 is 10.0 Å². The Morgan fingerprint density at radius 3 is 2.56 bits per heavy atom. The lowest BCUT2D eigenvalue weighted by molar-refractivity contribution is 0.248. The summed E-state index contributed by atoms with van der Waals surface area (Å²) in [4.78, 5) is 28.2. The number of rotatable bonds is 8. The Labute approximate surface area is 247 Å². The highest BCUT2D eigenvalue weighted by molar-refractivity contribution is 7.99. The molecule has 41 heavy (non-hydrogen) atoms. The number of nitrogens with one attached hydrogen (secondary N) is 2. The number of aromatic nitrogens is 5. The summed E-state index contributed by atoms with van der Waals surface area (Å²) in [6.45, 7) is 3.96. The van der Waals surface area contributed by atoms with Crippen LogP contribution in [-0.4, -0.2) is 62.6 Å². The maximum absolute atomic E-state index is 13.4. The number of carbonyl (C=O) groups is 1. The summed E-state index contributed by atoms with van der Waals surface area (Å²) < 4.78 is 32.2. The standard InChI is InChI=1S/C27H32N8O3S3/c1-4-39-27-32-26(40-33-27)31-25(36)30-19-11-17-13-20(14-18(17)12-19)34(3)23-22-9-10-35(24(22)29-15-28-23)41(37,38)21-7-5-16(2)6-8-21/h5-10,15,17-20H,4,11-14H2,1-3H3,(H2,30,31,32,33,36)/t17-,18?,19?,20?/m1/s1. The van der Waals surface area contributed by atoms with Crippen LogP contribution in [-0.2, 0) is 10.0 Å². The molecule has 0 spiro atoms. The number of hydrogen-bond donors (Lipinski definition) is 2. The van der Waals surface area contributed by atoms with E-state index in [1.165, 1.54) is 21.8 Å². The first-order valence-corrected chi connectivity index (χ1v) is 16.8. The van der Waals surface area contributed by atoms with Gasteiger partial charge in [0.15, 0.2) is 5.65 Å². The summed E-state index contributed by atoms with van der Waals surface area (Å²) in [6.07, 6.45) is 6.83. The molecule has 0 bridgehead atoms. The Morgan fingerprint density at radius 1 is 1.12 bits per heavy atom. The smallest absolute Gasteiger partial charge is 0.321 e. The van der Waals surface area contributed by atoms with Crippen LogP contribution >= 0.6 is 23.3 Å².